The Labute approximate surface area is 101 Å². The lowest BCUT2D eigenvalue weighted by Gasteiger charge is -2.36. The molecule has 3 rings (SSSR count). The van der Waals surface area contributed by atoms with Crippen LogP contribution in [0.1, 0.15) is 17.7 Å². The first kappa shape index (κ1) is 10.7. The maximum atomic E-state index is 12.1. The third kappa shape index (κ3) is 2.05. The first-order chi connectivity index (χ1) is 8.22. The van der Waals surface area contributed by atoms with E-state index in [1.807, 2.05) is 11.0 Å². The van der Waals surface area contributed by atoms with Crippen LogP contribution in [0.5, 0.6) is 0 Å². The summed E-state index contributed by atoms with van der Waals surface area (Å²) >= 11 is 0. The van der Waals surface area contributed by atoms with Gasteiger partial charge in [-0.3, -0.25) is 9.78 Å². The Morgan fingerprint density at radius 2 is 2.29 bits per heavy atom. The van der Waals surface area contributed by atoms with E-state index < -0.39 is 0 Å². The van der Waals surface area contributed by atoms with Crippen LogP contribution >= 0.6 is 0 Å². The van der Waals surface area contributed by atoms with Gasteiger partial charge in [-0.2, -0.15) is 0 Å². The standard InChI is InChI=1S/C13H17N3O/c1-15-6-10(7-15)5-13(17)16-8-11-3-2-4-14-12(11)9-16/h2-4,10H,5-9H2,1H3. The van der Waals surface area contributed by atoms with Gasteiger partial charge in [-0.15, -0.1) is 0 Å². The Bertz CT molecular complexity index is 415. The van der Waals surface area contributed by atoms with Crippen LogP contribution in [0.3, 0.4) is 0 Å². The molecule has 1 aromatic rings. The van der Waals surface area contributed by atoms with Crippen LogP contribution in [0.4, 0.5) is 0 Å². The highest BCUT2D eigenvalue weighted by Crippen LogP contribution is 2.24. The average Bonchev–Trinajstić information content (AvgIpc) is 2.70. The lowest BCUT2D eigenvalue weighted by molar-refractivity contribution is -0.134. The van der Waals surface area contributed by atoms with E-state index in [1.165, 1.54) is 5.56 Å². The third-order valence-corrected chi connectivity index (χ3v) is 3.64. The second kappa shape index (κ2) is 4.11. The van der Waals surface area contributed by atoms with E-state index in [1.54, 1.807) is 6.20 Å². The van der Waals surface area contributed by atoms with Gasteiger partial charge in [0.15, 0.2) is 0 Å². The zero-order chi connectivity index (χ0) is 11.8. The van der Waals surface area contributed by atoms with Gasteiger partial charge in [0.05, 0.1) is 12.2 Å². The Morgan fingerprint density at radius 3 is 3.00 bits per heavy atom. The number of pyridine rings is 1. The van der Waals surface area contributed by atoms with Crippen molar-refractivity contribution in [2.24, 2.45) is 5.92 Å². The highest BCUT2D eigenvalue weighted by atomic mass is 16.2. The van der Waals surface area contributed by atoms with Crippen LogP contribution in [-0.4, -0.2) is 40.8 Å². The van der Waals surface area contributed by atoms with Crippen LogP contribution in [0.2, 0.25) is 0 Å². The highest BCUT2D eigenvalue weighted by Gasteiger charge is 2.30. The minimum Gasteiger partial charge on any atom is -0.332 e. The number of likely N-dealkylation sites (tertiary alicyclic amines) is 1. The number of carbonyl (C=O) groups is 1. The second-order valence-electron chi connectivity index (χ2n) is 5.15. The fourth-order valence-corrected chi connectivity index (χ4v) is 2.71. The molecule has 0 aliphatic carbocycles. The SMILES string of the molecule is CN1CC(CC(=O)N2Cc3cccnc3C2)C1. The van der Waals surface area contributed by atoms with Crippen LogP contribution in [-0.2, 0) is 17.9 Å². The number of carbonyl (C=O) groups excluding carboxylic acids is 1. The largest absolute Gasteiger partial charge is 0.332 e. The van der Waals surface area contributed by atoms with Crippen molar-refractivity contribution in [2.45, 2.75) is 19.5 Å². The number of rotatable bonds is 2. The average molecular weight is 231 g/mol. The monoisotopic (exact) mass is 231 g/mol. The predicted molar refractivity (Wildman–Crippen MR) is 64.1 cm³/mol. The molecular formula is C13H17N3O. The quantitative estimate of drug-likeness (QED) is 0.758. The molecular weight excluding hydrogens is 214 g/mol. The summed E-state index contributed by atoms with van der Waals surface area (Å²) in [5, 5.41) is 0. The molecule has 4 heteroatoms. The van der Waals surface area contributed by atoms with Crippen molar-refractivity contribution in [3.63, 3.8) is 0 Å². The van der Waals surface area contributed by atoms with E-state index in [9.17, 15) is 4.79 Å². The Hall–Kier alpha value is -1.42. The van der Waals surface area contributed by atoms with E-state index in [2.05, 4.69) is 23.0 Å². The number of fused-ring (bicyclic) bond motifs is 1. The molecule has 0 saturated carbocycles. The van der Waals surface area contributed by atoms with Crippen molar-refractivity contribution in [1.29, 1.82) is 0 Å². The second-order valence-corrected chi connectivity index (χ2v) is 5.15. The molecule has 4 nitrogen and oxygen atoms in total. The van der Waals surface area contributed by atoms with Crippen molar-refractivity contribution in [1.82, 2.24) is 14.8 Å². The summed E-state index contributed by atoms with van der Waals surface area (Å²) in [5.41, 5.74) is 2.26. The lowest BCUT2D eigenvalue weighted by Crippen LogP contribution is -2.45. The molecule has 2 aliphatic heterocycles. The van der Waals surface area contributed by atoms with Crippen LogP contribution in [0.25, 0.3) is 0 Å². The summed E-state index contributed by atoms with van der Waals surface area (Å²) < 4.78 is 0. The molecule has 1 aromatic heterocycles. The number of amides is 1. The van der Waals surface area contributed by atoms with Gasteiger partial charge >= 0.3 is 0 Å². The predicted octanol–water partition coefficient (Wildman–Crippen LogP) is 0.875. The summed E-state index contributed by atoms with van der Waals surface area (Å²) in [6.45, 7) is 3.55. The van der Waals surface area contributed by atoms with E-state index in [-0.39, 0.29) is 5.91 Å². The first-order valence-corrected chi connectivity index (χ1v) is 6.11. The Morgan fingerprint density at radius 1 is 1.47 bits per heavy atom. The molecule has 1 saturated heterocycles. The zero-order valence-electron chi connectivity index (χ0n) is 10.1. The smallest absolute Gasteiger partial charge is 0.223 e. The summed E-state index contributed by atoms with van der Waals surface area (Å²) in [6, 6.07) is 4.00. The summed E-state index contributed by atoms with van der Waals surface area (Å²) in [5.74, 6) is 0.838. The van der Waals surface area contributed by atoms with Crippen LogP contribution in [0, 0.1) is 5.92 Å². The van der Waals surface area contributed by atoms with Gasteiger partial charge in [-0.25, -0.2) is 0 Å². The molecule has 0 unspecified atom stereocenters. The molecule has 1 fully saturated rings. The van der Waals surface area contributed by atoms with E-state index >= 15 is 0 Å². The maximum absolute atomic E-state index is 12.1. The molecule has 90 valence electrons. The fraction of sp³-hybridized carbons (Fsp3) is 0.538. The summed E-state index contributed by atoms with van der Waals surface area (Å²) in [6.07, 6.45) is 2.49. The van der Waals surface area contributed by atoms with Gasteiger partial charge in [0.1, 0.15) is 0 Å². The Kier molecular flexibility index (Phi) is 2.59. The van der Waals surface area contributed by atoms with Gasteiger partial charge in [0, 0.05) is 32.3 Å². The molecule has 0 radical (unpaired) electrons. The molecule has 0 bridgehead atoms. The molecule has 0 aromatic carbocycles. The fourth-order valence-electron chi connectivity index (χ4n) is 2.71. The molecule has 17 heavy (non-hydrogen) atoms. The van der Waals surface area contributed by atoms with Crippen molar-refractivity contribution in [3.8, 4) is 0 Å². The maximum Gasteiger partial charge on any atom is 0.223 e. The third-order valence-electron chi connectivity index (χ3n) is 3.64. The van der Waals surface area contributed by atoms with Crippen molar-refractivity contribution < 1.29 is 4.79 Å². The van der Waals surface area contributed by atoms with E-state index in [0.717, 1.165) is 25.3 Å². The number of hydrogen-bond donors (Lipinski definition) is 0. The number of nitrogens with zero attached hydrogens (tertiary/aromatic N) is 3. The van der Waals surface area contributed by atoms with E-state index in [4.69, 9.17) is 0 Å². The zero-order valence-corrected chi connectivity index (χ0v) is 10.1. The van der Waals surface area contributed by atoms with Crippen molar-refractivity contribution in [2.75, 3.05) is 20.1 Å². The van der Waals surface area contributed by atoms with Gasteiger partial charge < -0.3 is 9.80 Å². The minimum absolute atomic E-state index is 0.279. The van der Waals surface area contributed by atoms with Crippen molar-refractivity contribution >= 4 is 5.91 Å². The molecule has 0 atom stereocenters. The summed E-state index contributed by atoms with van der Waals surface area (Å²) in [7, 11) is 2.09. The van der Waals surface area contributed by atoms with Crippen LogP contribution < -0.4 is 0 Å². The molecule has 0 N–H and O–H groups in total. The molecule has 3 heterocycles. The number of hydrogen-bond acceptors (Lipinski definition) is 3. The summed E-state index contributed by atoms with van der Waals surface area (Å²) in [4.78, 5) is 20.6. The molecule has 1 amide bonds. The van der Waals surface area contributed by atoms with Gasteiger partial charge in [-0.05, 0) is 24.6 Å². The van der Waals surface area contributed by atoms with E-state index in [0.29, 0.717) is 18.9 Å². The normalized spacial score (nSPS) is 20.2. The molecule has 0 spiro atoms. The van der Waals surface area contributed by atoms with Crippen LogP contribution in [0.15, 0.2) is 18.3 Å². The molecule has 2 aliphatic rings. The first-order valence-electron chi connectivity index (χ1n) is 6.11. The van der Waals surface area contributed by atoms with Gasteiger partial charge in [0.2, 0.25) is 5.91 Å². The highest BCUT2D eigenvalue weighted by molar-refractivity contribution is 5.77. The minimum atomic E-state index is 0.279. The van der Waals surface area contributed by atoms with Gasteiger partial charge in [-0.1, -0.05) is 6.07 Å². The van der Waals surface area contributed by atoms with Gasteiger partial charge in [0.25, 0.3) is 0 Å². The van der Waals surface area contributed by atoms with Crippen molar-refractivity contribution in [3.05, 3.63) is 29.6 Å². The Balaban J connectivity index is 1.59. The number of aromatic nitrogens is 1. The topological polar surface area (TPSA) is 36.4 Å². The lowest BCUT2D eigenvalue weighted by atomic mass is 9.96.